The van der Waals surface area contributed by atoms with E-state index >= 15 is 0 Å². The van der Waals surface area contributed by atoms with Gasteiger partial charge in [-0.15, -0.1) is 0 Å². The first-order valence-electron chi connectivity index (χ1n) is 5.70. The van der Waals surface area contributed by atoms with Crippen LogP contribution in [0.25, 0.3) is 11.0 Å². The maximum absolute atomic E-state index is 8.70. The first-order chi connectivity index (χ1) is 9.35. The Morgan fingerprint density at radius 2 is 1.74 bits per heavy atom. The number of benzene rings is 1. The molecule has 90 valence electrons. The monoisotopic (exact) mass is 247 g/mol. The van der Waals surface area contributed by atoms with Crippen molar-refractivity contribution in [2.45, 2.75) is 0 Å². The van der Waals surface area contributed by atoms with Crippen LogP contribution in [-0.2, 0) is 0 Å². The van der Waals surface area contributed by atoms with Crippen molar-refractivity contribution in [1.82, 2.24) is 15.0 Å². The molecule has 0 saturated heterocycles. The molecule has 0 radical (unpaired) electrons. The highest BCUT2D eigenvalue weighted by Gasteiger charge is 2.00. The van der Waals surface area contributed by atoms with Gasteiger partial charge in [-0.05, 0) is 24.3 Å². The average Bonchev–Trinajstić information content (AvgIpc) is 2.48. The number of anilines is 2. The van der Waals surface area contributed by atoms with Gasteiger partial charge < -0.3 is 5.32 Å². The molecule has 1 aromatic carbocycles. The summed E-state index contributed by atoms with van der Waals surface area (Å²) < 4.78 is 0. The molecule has 2 aromatic heterocycles. The lowest BCUT2D eigenvalue weighted by Gasteiger charge is -2.05. The van der Waals surface area contributed by atoms with E-state index in [4.69, 9.17) is 5.26 Å². The molecule has 0 bridgehead atoms. The summed E-state index contributed by atoms with van der Waals surface area (Å²) in [6, 6.07) is 13.1. The fourth-order valence-corrected chi connectivity index (χ4v) is 1.68. The summed E-state index contributed by atoms with van der Waals surface area (Å²) in [6.45, 7) is 0. The number of hydrogen-bond acceptors (Lipinski definition) is 5. The summed E-state index contributed by atoms with van der Waals surface area (Å²) in [7, 11) is 0. The molecule has 5 nitrogen and oxygen atoms in total. The second kappa shape index (κ2) is 4.70. The fraction of sp³-hybridized carbons (Fsp3) is 0. The van der Waals surface area contributed by atoms with Gasteiger partial charge in [0.05, 0.1) is 22.8 Å². The largest absolute Gasteiger partial charge is 0.324 e. The van der Waals surface area contributed by atoms with Gasteiger partial charge in [0.25, 0.3) is 0 Å². The van der Waals surface area contributed by atoms with Crippen LogP contribution in [0.3, 0.4) is 0 Å². The molecule has 2 heterocycles. The van der Waals surface area contributed by atoms with Crippen molar-refractivity contribution in [2.24, 2.45) is 0 Å². The number of aromatic nitrogens is 3. The minimum atomic E-state index is 0.523. The van der Waals surface area contributed by atoms with E-state index in [0.717, 1.165) is 11.0 Å². The van der Waals surface area contributed by atoms with Crippen LogP contribution < -0.4 is 5.32 Å². The summed E-state index contributed by atoms with van der Waals surface area (Å²) in [6.07, 6.45) is 3.17. The molecular formula is C14H9N5. The van der Waals surface area contributed by atoms with Crippen LogP contribution in [0.2, 0.25) is 0 Å². The smallest absolute Gasteiger partial charge is 0.150 e. The Labute approximate surface area is 109 Å². The molecule has 0 aliphatic carbocycles. The third-order valence-electron chi connectivity index (χ3n) is 2.60. The molecular weight excluding hydrogens is 238 g/mol. The maximum atomic E-state index is 8.70. The highest BCUT2D eigenvalue weighted by Crippen LogP contribution is 2.15. The standard InChI is InChI=1S/C14H9N5/c15-7-10-5-6-13(17-8-10)19-14-9-16-11-3-1-2-4-12(11)18-14/h1-6,8-9H,(H,17,18,19). The first-order valence-corrected chi connectivity index (χ1v) is 5.70. The zero-order valence-electron chi connectivity index (χ0n) is 9.91. The lowest BCUT2D eigenvalue weighted by molar-refractivity contribution is 1.23. The lowest BCUT2D eigenvalue weighted by atomic mass is 10.3. The zero-order valence-corrected chi connectivity index (χ0v) is 9.91. The van der Waals surface area contributed by atoms with Gasteiger partial charge in [0.2, 0.25) is 0 Å². The SMILES string of the molecule is N#Cc1ccc(Nc2cnc3ccccc3n2)nc1. The van der Waals surface area contributed by atoms with Crippen LogP contribution in [0.5, 0.6) is 0 Å². The molecule has 0 aliphatic heterocycles. The molecule has 0 unspecified atom stereocenters. The fourth-order valence-electron chi connectivity index (χ4n) is 1.68. The molecule has 0 aliphatic rings. The Balaban J connectivity index is 1.90. The predicted molar refractivity (Wildman–Crippen MR) is 71.8 cm³/mol. The van der Waals surface area contributed by atoms with Crippen molar-refractivity contribution in [3.05, 3.63) is 54.4 Å². The van der Waals surface area contributed by atoms with Gasteiger partial charge in [0.1, 0.15) is 11.9 Å². The number of rotatable bonds is 2. The molecule has 0 spiro atoms. The third-order valence-corrected chi connectivity index (χ3v) is 2.60. The normalized spacial score (nSPS) is 10.1. The number of nitrogens with one attached hydrogen (secondary N) is 1. The average molecular weight is 247 g/mol. The van der Waals surface area contributed by atoms with E-state index in [0.29, 0.717) is 17.2 Å². The van der Waals surface area contributed by atoms with Gasteiger partial charge in [0.15, 0.2) is 5.82 Å². The number of pyridine rings is 1. The lowest BCUT2D eigenvalue weighted by Crippen LogP contribution is -1.97. The van der Waals surface area contributed by atoms with Gasteiger partial charge in [-0.3, -0.25) is 4.98 Å². The number of para-hydroxylation sites is 2. The number of fused-ring (bicyclic) bond motifs is 1. The van der Waals surface area contributed by atoms with Crippen LogP contribution in [0.4, 0.5) is 11.6 Å². The van der Waals surface area contributed by atoms with Gasteiger partial charge in [-0.1, -0.05) is 12.1 Å². The molecule has 0 saturated carbocycles. The Morgan fingerprint density at radius 3 is 2.47 bits per heavy atom. The molecule has 5 heteroatoms. The topological polar surface area (TPSA) is 74.5 Å². The quantitative estimate of drug-likeness (QED) is 0.753. The number of nitriles is 1. The minimum absolute atomic E-state index is 0.523. The zero-order chi connectivity index (χ0) is 13.1. The molecule has 3 rings (SSSR count). The van der Waals surface area contributed by atoms with Crippen molar-refractivity contribution >= 4 is 22.7 Å². The summed E-state index contributed by atoms with van der Waals surface area (Å²) >= 11 is 0. The number of hydrogen-bond donors (Lipinski definition) is 1. The number of nitrogens with zero attached hydrogens (tertiary/aromatic N) is 4. The maximum Gasteiger partial charge on any atom is 0.150 e. The van der Waals surface area contributed by atoms with Gasteiger partial charge in [-0.25, -0.2) is 9.97 Å². The molecule has 19 heavy (non-hydrogen) atoms. The van der Waals surface area contributed by atoms with E-state index in [1.165, 1.54) is 6.20 Å². The van der Waals surface area contributed by atoms with Gasteiger partial charge >= 0.3 is 0 Å². The third kappa shape index (κ3) is 2.33. The van der Waals surface area contributed by atoms with Crippen LogP contribution in [0, 0.1) is 11.3 Å². The Morgan fingerprint density at radius 1 is 0.895 bits per heavy atom. The van der Waals surface area contributed by atoms with E-state index in [9.17, 15) is 0 Å². The minimum Gasteiger partial charge on any atom is -0.324 e. The van der Waals surface area contributed by atoms with Crippen molar-refractivity contribution in [2.75, 3.05) is 5.32 Å². The summed E-state index contributed by atoms with van der Waals surface area (Å²) in [5.41, 5.74) is 2.19. The summed E-state index contributed by atoms with van der Waals surface area (Å²) in [4.78, 5) is 12.9. The van der Waals surface area contributed by atoms with Crippen molar-refractivity contribution in [3.63, 3.8) is 0 Å². The molecule has 3 aromatic rings. The predicted octanol–water partition coefficient (Wildman–Crippen LogP) is 2.64. The van der Waals surface area contributed by atoms with E-state index in [1.807, 2.05) is 30.3 Å². The van der Waals surface area contributed by atoms with Gasteiger partial charge in [0, 0.05) is 6.20 Å². The second-order valence-corrected chi connectivity index (χ2v) is 3.91. The summed E-state index contributed by atoms with van der Waals surface area (Å²) in [5, 5.41) is 11.8. The Bertz CT molecular complexity index is 759. The molecule has 0 amide bonds. The van der Waals surface area contributed by atoms with Crippen molar-refractivity contribution < 1.29 is 0 Å². The highest BCUT2D eigenvalue weighted by atomic mass is 15.1. The second-order valence-electron chi connectivity index (χ2n) is 3.91. The van der Waals surface area contributed by atoms with E-state index < -0.39 is 0 Å². The Kier molecular flexibility index (Phi) is 2.75. The van der Waals surface area contributed by atoms with Crippen molar-refractivity contribution in [1.29, 1.82) is 5.26 Å². The highest BCUT2D eigenvalue weighted by molar-refractivity contribution is 5.75. The Hall–Kier alpha value is -3.00. The van der Waals surface area contributed by atoms with E-state index in [1.54, 1.807) is 18.3 Å². The van der Waals surface area contributed by atoms with Gasteiger partial charge in [-0.2, -0.15) is 5.26 Å². The van der Waals surface area contributed by atoms with Crippen LogP contribution in [0.15, 0.2) is 48.8 Å². The van der Waals surface area contributed by atoms with E-state index in [-0.39, 0.29) is 0 Å². The van der Waals surface area contributed by atoms with Crippen LogP contribution >= 0.6 is 0 Å². The molecule has 1 N–H and O–H groups in total. The van der Waals surface area contributed by atoms with Crippen LogP contribution in [0.1, 0.15) is 5.56 Å². The van der Waals surface area contributed by atoms with E-state index in [2.05, 4.69) is 20.3 Å². The van der Waals surface area contributed by atoms with Crippen molar-refractivity contribution in [3.8, 4) is 6.07 Å². The summed E-state index contributed by atoms with van der Waals surface area (Å²) in [5.74, 6) is 1.25. The van der Waals surface area contributed by atoms with Crippen LogP contribution in [-0.4, -0.2) is 15.0 Å². The molecule has 0 fully saturated rings. The first kappa shape index (κ1) is 11.1. The molecule has 0 atom stereocenters.